The van der Waals surface area contributed by atoms with Gasteiger partial charge in [0.15, 0.2) is 5.96 Å². The highest BCUT2D eigenvalue weighted by Crippen LogP contribution is 2.13. The third kappa shape index (κ3) is 6.06. The molecule has 3 rings (SSSR count). The van der Waals surface area contributed by atoms with Gasteiger partial charge in [-0.3, -0.25) is 4.99 Å². The number of nitrogens with two attached hydrogens (primary N) is 1. The second-order valence-corrected chi connectivity index (χ2v) is 6.25. The van der Waals surface area contributed by atoms with E-state index in [1.54, 1.807) is 16.8 Å². The Kier molecular flexibility index (Phi) is 7.35. The second kappa shape index (κ2) is 9.50. The molecule has 0 spiro atoms. The molecule has 0 saturated carbocycles. The summed E-state index contributed by atoms with van der Waals surface area (Å²) in [6.07, 6.45) is 2.52. The number of aliphatic imine (C=N–C) groups is 1. The Hall–Kier alpha value is -2.42. The van der Waals surface area contributed by atoms with Crippen LogP contribution in [0.5, 0.6) is 0 Å². The Balaban J connectivity index is 0.00000261. The second-order valence-electron chi connectivity index (χ2n) is 6.25. The fraction of sp³-hybridized carbons (Fsp3) is 0.200. The molecule has 1 aromatic heterocycles. The minimum Gasteiger partial charge on any atom is -0.370 e. The van der Waals surface area contributed by atoms with E-state index >= 15 is 0 Å². The van der Waals surface area contributed by atoms with E-state index in [0.717, 1.165) is 17.1 Å². The summed E-state index contributed by atoms with van der Waals surface area (Å²) in [6.45, 7) is 4.62. The van der Waals surface area contributed by atoms with Gasteiger partial charge < -0.3 is 11.1 Å². The average Bonchev–Trinajstić information content (AvgIpc) is 3.03. The van der Waals surface area contributed by atoms with E-state index in [-0.39, 0.29) is 29.8 Å². The van der Waals surface area contributed by atoms with Crippen molar-refractivity contribution in [2.75, 3.05) is 11.9 Å². The molecule has 27 heavy (non-hydrogen) atoms. The van der Waals surface area contributed by atoms with Crippen LogP contribution < -0.4 is 11.1 Å². The lowest BCUT2D eigenvalue weighted by molar-refractivity contribution is 0.627. The van der Waals surface area contributed by atoms with Gasteiger partial charge in [0.05, 0.1) is 11.4 Å². The van der Waals surface area contributed by atoms with Crippen LogP contribution in [0.4, 0.5) is 10.1 Å². The Labute approximate surface area is 175 Å². The normalized spacial score (nSPS) is 11.1. The predicted molar refractivity (Wildman–Crippen MR) is 119 cm³/mol. The van der Waals surface area contributed by atoms with Crippen LogP contribution in [0.15, 0.2) is 59.7 Å². The molecule has 5 nitrogen and oxygen atoms in total. The van der Waals surface area contributed by atoms with Crippen molar-refractivity contribution in [3.63, 3.8) is 0 Å². The smallest absolute Gasteiger partial charge is 0.193 e. The van der Waals surface area contributed by atoms with Crippen LogP contribution in [0.25, 0.3) is 5.69 Å². The predicted octanol–water partition coefficient (Wildman–Crippen LogP) is 4.22. The van der Waals surface area contributed by atoms with Gasteiger partial charge >= 0.3 is 0 Å². The number of nitrogens with one attached hydrogen (secondary N) is 1. The van der Waals surface area contributed by atoms with Crippen molar-refractivity contribution in [1.29, 1.82) is 0 Å². The molecule has 0 amide bonds. The van der Waals surface area contributed by atoms with E-state index in [4.69, 9.17) is 5.73 Å². The van der Waals surface area contributed by atoms with Crippen molar-refractivity contribution < 1.29 is 4.39 Å². The fourth-order valence-corrected chi connectivity index (χ4v) is 2.76. The molecule has 1 heterocycles. The Morgan fingerprint density at radius 1 is 1.11 bits per heavy atom. The number of hydrogen-bond acceptors (Lipinski definition) is 2. The zero-order valence-corrected chi connectivity index (χ0v) is 17.6. The van der Waals surface area contributed by atoms with Crippen LogP contribution in [-0.2, 0) is 6.42 Å². The quantitative estimate of drug-likeness (QED) is 0.327. The van der Waals surface area contributed by atoms with Gasteiger partial charge in [-0.1, -0.05) is 6.07 Å². The van der Waals surface area contributed by atoms with Crippen LogP contribution in [0.3, 0.4) is 0 Å². The first-order valence-corrected chi connectivity index (χ1v) is 8.45. The van der Waals surface area contributed by atoms with E-state index in [0.29, 0.717) is 18.9 Å². The maximum absolute atomic E-state index is 13.0. The molecule has 0 aliphatic heterocycles. The van der Waals surface area contributed by atoms with Crippen molar-refractivity contribution in [2.45, 2.75) is 20.3 Å². The van der Waals surface area contributed by atoms with E-state index in [1.165, 1.54) is 23.3 Å². The van der Waals surface area contributed by atoms with Gasteiger partial charge in [-0.2, -0.15) is 5.10 Å². The third-order valence-electron chi connectivity index (χ3n) is 3.88. The first kappa shape index (κ1) is 20.9. The van der Waals surface area contributed by atoms with Gasteiger partial charge in [0.1, 0.15) is 5.82 Å². The first-order valence-electron chi connectivity index (χ1n) is 8.45. The van der Waals surface area contributed by atoms with Gasteiger partial charge in [0, 0.05) is 24.8 Å². The Morgan fingerprint density at radius 2 is 1.78 bits per heavy atom. The number of anilines is 1. The number of guanidine groups is 1. The Morgan fingerprint density at radius 3 is 2.44 bits per heavy atom. The number of benzene rings is 2. The van der Waals surface area contributed by atoms with Gasteiger partial charge in [-0.05, 0) is 67.4 Å². The minimum absolute atomic E-state index is 0. The van der Waals surface area contributed by atoms with Crippen LogP contribution in [0.1, 0.15) is 16.8 Å². The molecule has 0 saturated heterocycles. The molecule has 3 N–H and O–H groups in total. The number of hydrogen-bond donors (Lipinski definition) is 2. The van der Waals surface area contributed by atoms with Gasteiger partial charge in [0.2, 0.25) is 0 Å². The minimum atomic E-state index is -0.262. The summed E-state index contributed by atoms with van der Waals surface area (Å²) in [7, 11) is 0. The summed E-state index contributed by atoms with van der Waals surface area (Å²) in [5.74, 6) is 0.121. The number of aromatic nitrogens is 2. The lowest BCUT2D eigenvalue weighted by atomic mass is 10.1. The van der Waals surface area contributed by atoms with Gasteiger partial charge in [-0.25, -0.2) is 9.07 Å². The molecule has 0 unspecified atom stereocenters. The van der Waals surface area contributed by atoms with E-state index in [2.05, 4.69) is 21.5 Å². The molecular weight excluding hydrogens is 456 g/mol. The lowest BCUT2D eigenvalue weighted by Gasteiger charge is -2.07. The molecule has 0 aliphatic rings. The molecule has 7 heteroatoms. The number of nitrogens with zero attached hydrogens (tertiary/aromatic N) is 3. The largest absolute Gasteiger partial charge is 0.370 e. The highest BCUT2D eigenvalue weighted by atomic mass is 127. The van der Waals surface area contributed by atoms with Gasteiger partial charge in [-0.15, -0.1) is 24.0 Å². The lowest BCUT2D eigenvalue weighted by Crippen LogP contribution is -2.23. The van der Waals surface area contributed by atoms with Crippen LogP contribution in [-0.4, -0.2) is 22.3 Å². The standard InChI is InChI=1S/C20H22FN5.HI/c1-14-11-15(2)13-18(12-14)24-20(22)23-9-7-17-8-10-26(25-17)19-5-3-16(21)4-6-19;/h3-6,8,10-13H,7,9H2,1-2H3,(H3,22,23,24);1H. The monoisotopic (exact) mass is 479 g/mol. The summed E-state index contributed by atoms with van der Waals surface area (Å²) in [5, 5.41) is 7.59. The molecule has 0 fully saturated rings. The first-order chi connectivity index (χ1) is 12.5. The molecule has 0 radical (unpaired) electrons. The highest BCUT2D eigenvalue weighted by Gasteiger charge is 2.02. The summed E-state index contributed by atoms with van der Waals surface area (Å²) < 4.78 is 14.7. The molecule has 0 bridgehead atoms. The van der Waals surface area contributed by atoms with Crippen LogP contribution in [0, 0.1) is 19.7 Å². The van der Waals surface area contributed by atoms with E-state index in [1.807, 2.05) is 38.2 Å². The summed E-state index contributed by atoms with van der Waals surface area (Å²) in [4.78, 5) is 4.35. The average molecular weight is 479 g/mol. The van der Waals surface area contributed by atoms with Crippen molar-refractivity contribution >= 4 is 35.6 Å². The van der Waals surface area contributed by atoms with Crippen LogP contribution >= 0.6 is 24.0 Å². The molecule has 3 aromatic rings. The molecule has 0 aliphatic carbocycles. The number of halogens is 2. The summed E-state index contributed by atoms with van der Waals surface area (Å²) in [6, 6.07) is 14.3. The van der Waals surface area contributed by atoms with Crippen LogP contribution in [0.2, 0.25) is 0 Å². The SMILES string of the molecule is Cc1cc(C)cc(NC(N)=NCCc2ccn(-c3ccc(F)cc3)n2)c1.I. The van der Waals surface area contributed by atoms with Crippen molar-refractivity contribution in [2.24, 2.45) is 10.7 Å². The maximum atomic E-state index is 13.0. The van der Waals surface area contributed by atoms with Gasteiger partial charge in [0.25, 0.3) is 0 Å². The number of aryl methyl sites for hydroxylation is 2. The highest BCUT2D eigenvalue weighted by molar-refractivity contribution is 14.0. The van der Waals surface area contributed by atoms with E-state index < -0.39 is 0 Å². The van der Waals surface area contributed by atoms with E-state index in [9.17, 15) is 4.39 Å². The molecule has 142 valence electrons. The fourth-order valence-electron chi connectivity index (χ4n) is 2.76. The third-order valence-corrected chi connectivity index (χ3v) is 3.88. The molecule has 2 aromatic carbocycles. The zero-order valence-electron chi connectivity index (χ0n) is 15.3. The summed E-state index contributed by atoms with van der Waals surface area (Å²) >= 11 is 0. The topological polar surface area (TPSA) is 68.2 Å². The number of rotatable bonds is 5. The summed E-state index contributed by atoms with van der Waals surface area (Å²) in [5.41, 5.74) is 11.0. The van der Waals surface area contributed by atoms with Crippen molar-refractivity contribution in [1.82, 2.24) is 9.78 Å². The zero-order chi connectivity index (χ0) is 18.5. The molecule has 0 atom stereocenters. The molecular formula is C20H23FIN5. The maximum Gasteiger partial charge on any atom is 0.193 e. The Bertz CT molecular complexity index is 898. The van der Waals surface area contributed by atoms with Crippen molar-refractivity contribution in [3.8, 4) is 5.69 Å². The van der Waals surface area contributed by atoms with Crippen molar-refractivity contribution in [3.05, 3.63) is 77.4 Å².